The first-order chi connectivity index (χ1) is 13.8. The van der Waals surface area contributed by atoms with Crippen molar-refractivity contribution in [2.24, 2.45) is 0 Å². The van der Waals surface area contributed by atoms with Crippen LogP contribution in [0.4, 0.5) is 0 Å². The molecule has 1 heterocycles. The lowest BCUT2D eigenvalue weighted by Gasteiger charge is -2.28. The van der Waals surface area contributed by atoms with E-state index in [0.29, 0.717) is 24.2 Å². The summed E-state index contributed by atoms with van der Waals surface area (Å²) in [5.74, 6) is -1.62. The largest absolute Gasteiger partial charge is 0.478 e. The molecule has 156 valence electrons. The van der Waals surface area contributed by atoms with E-state index in [2.05, 4.69) is 42.5 Å². The van der Waals surface area contributed by atoms with E-state index in [1.165, 1.54) is 23.1 Å². The first kappa shape index (κ1) is 22.7. The average molecular weight is 419 g/mol. The Morgan fingerprint density at radius 1 is 1.28 bits per heavy atom. The molecule has 3 rings (SSSR count). The van der Waals surface area contributed by atoms with Gasteiger partial charge in [-0.1, -0.05) is 37.2 Å². The fraction of sp³-hybridized carbons (Fsp3) is 0.381. The molecule has 0 saturated heterocycles. The minimum atomic E-state index is -1.26. The highest BCUT2D eigenvalue weighted by Crippen LogP contribution is 2.33. The number of thioether (sulfide) groups is 1. The molecule has 0 fully saturated rings. The van der Waals surface area contributed by atoms with Crippen LogP contribution >= 0.6 is 11.8 Å². The molecule has 1 unspecified atom stereocenters. The van der Waals surface area contributed by atoms with E-state index in [0.717, 1.165) is 23.6 Å². The van der Waals surface area contributed by atoms with Crippen molar-refractivity contribution < 1.29 is 24.3 Å². The minimum absolute atomic E-state index is 0.525. The Bertz CT molecular complexity index is 860. The lowest BCUT2D eigenvalue weighted by Crippen LogP contribution is -2.38. The van der Waals surface area contributed by atoms with Gasteiger partial charge in [-0.05, 0) is 36.6 Å². The zero-order valence-corrected chi connectivity index (χ0v) is 17.5. The van der Waals surface area contributed by atoms with Gasteiger partial charge in [0.05, 0.1) is 0 Å². The highest BCUT2D eigenvalue weighted by atomic mass is 32.2. The van der Waals surface area contributed by atoms with Gasteiger partial charge in [-0.2, -0.15) is 0 Å². The maximum absolute atomic E-state index is 9.55. The Morgan fingerprint density at radius 3 is 2.52 bits per heavy atom. The summed E-state index contributed by atoms with van der Waals surface area (Å²) < 4.78 is 5.53. The molecule has 29 heavy (non-hydrogen) atoms. The molecule has 0 aliphatic heterocycles. The van der Waals surface area contributed by atoms with Gasteiger partial charge in [0, 0.05) is 35.9 Å². The Balaban J connectivity index is 0.000000321. The van der Waals surface area contributed by atoms with Crippen molar-refractivity contribution in [2.75, 3.05) is 6.26 Å². The van der Waals surface area contributed by atoms with E-state index in [1.807, 2.05) is 12.3 Å². The van der Waals surface area contributed by atoms with Crippen LogP contribution in [0.3, 0.4) is 0 Å². The van der Waals surface area contributed by atoms with Crippen LogP contribution in [-0.2, 0) is 22.4 Å². The zero-order chi connectivity index (χ0) is 21.4. The number of carbonyl (C=O) groups is 2. The summed E-state index contributed by atoms with van der Waals surface area (Å²) in [6.45, 7) is 4.42. The van der Waals surface area contributed by atoms with Gasteiger partial charge in [-0.25, -0.2) is 9.59 Å². The number of nitrogens with zero attached hydrogens (tertiary/aromatic N) is 1. The first-order valence-electron chi connectivity index (χ1n) is 9.32. The summed E-state index contributed by atoms with van der Waals surface area (Å²) in [4.78, 5) is 19.1. The lowest BCUT2D eigenvalue weighted by molar-refractivity contribution is -0.134. The Kier molecular flexibility index (Phi) is 8.48. The monoisotopic (exact) mass is 418 g/mol. The zero-order valence-electron chi connectivity index (χ0n) is 16.7. The highest BCUT2D eigenvalue weighted by Gasteiger charge is 2.23. The number of aryl methyl sites for hydroxylation is 1. The number of rotatable bonds is 6. The maximum Gasteiger partial charge on any atom is 0.328 e. The normalized spacial score (nSPS) is 15.7. The lowest BCUT2D eigenvalue weighted by atomic mass is 9.84. The van der Waals surface area contributed by atoms with E-state index in [-0.39, 0.29) is 0 Å². The Hall–Kier alpha value is -2.58. The quantitative estimate of drug-likeness (QED) is 0.481. The van der Waals surface area contributed by atoms with Gasteiger partial charge in [0.15, 0.2) is 5.76 Å². The number of carboxylic acid groups (broad SMARTS) is 2. The van der Waals surface area contributed by atoms with Gasteiger partial charge in [0.25, 0.3) is 0 Å². The number of hydrogen-bond acceptors (Lipinski definition) is 6. The number of carboxylic acids is 2. The van der Waals surface area contributed by atoms with Gasteiger partial charge >= 0.3 is 11.9 Å². The molecular formula is C21H26N2O5S. The van der Waals surface area contributed by atoms with Gasteiger partial charge in [-0.3, -0.25) is 0 Å². The second-order valence-electron chi connectivity index (χ2n) is 6.95. The van der Waals surface area contributed by atoms with E-state index >= 15 is 0 Å². The minimum Gasteiger partial charge on any atom is -0.478 e. The smallest absolute Gasteiger partial charge is 0.328 e. The van der Waals surface area contributed by atoms with Crippen molar-refractivity contribution in [3.63, 3.8) is 0 Å². The summed E-state index contributed by atoms with van der Waals surface area (Å²) in [6, 6.07) is 9.65. The van der Waals surface area contributed by atoms with Gasteiger partial charge in [-0.15, -0.1) is 11.8 Å². The van der Waals surface area contributed by atoms with Crippen molar-refractivity contribution in [2.45, 2.75) is 50.2 Å². The maximum atomic E-state index is 9.55. The molecule has 1 aliphatic rings. The number of hydrogen-bond donors (Lipinski definition) is 3. The third kappa shape index (κ3) is 7.07. The summed E-state index contributed by atoms with van der Waals surface area (Å²) in [7, 11) is 0. The summed E-state index contributed by atoms with van der Waals surface area (Å²) in [5, 5.41) is 24.3. The van der Waals surface area contributed by atoms with E-state index in [1.54, 1.807) is 11.8 Å². The highest BCUT2D eigenvalue weighted by molar-refractivity contribution is 7.98. The molecule has 3 N–H and O–H groups in total. The van der Waals surface area contributed by atoms with Crippen LogP contribution in [0.5, 0.6) is 0 Å². The van der Waals surface area contributed by atoms with Gasteiger partial charge < -0.3 is 20.1 Å². The fourth-order valence-electron chi connectivity index (χ4n) is 3.26. The molecule has 0 radical (unpaired) electrons. The molecule has 1 aromatic heterocycles. The van der Waals surface area contributed by atoms with Crippen LogP contribution in [0.15, 0.2) is 46.0 Å². The molecule has 1 aliphatic carbocycles. The predicted molar refractivity (Wildman–Crippen MR) is 112 cm³/mol. The molecular weight excluding hydrogens is 392 g/mol. The number of aliphatic carboxylic acids is 2. The van der Waals surface area contributed by atoms with Crippen molar-refractivity contribution in [1.29, 1.82) is 0 Å². The van der Waals surface area contributed by atoms with Crippen molar-refractivity contribution in [1.82, 2.24) is 10.5 Å². The van der Waals surface area contributed by atoms with Gasteiger partial charge in [0.2, 0.25) is 0 Å². The van der Waals surface area contributed by atoms with E-state index in [4.69, 9.17) is 14.7 Å². The van der Waals surface area contributed by atoms with E-state index < -0.39 is 11.9 Å². The third-order valence-electron chi connectivity index (χ3n) is 4.39. The average Bonchev–Trinajstić information content (AvgIpc) is 3.15. The number of nitrogens with one attached hydrogen (secondary N) is 1. The van der Waals surface area contributed by atoms with Crippen LogP contribution in [0.1, 0.15) is 31.4 Å². The SMILES string of the molecule is CSc1cc(-c2cccc3c2CC(NC(C)C)CC3)on1.O=C(O)/C=C\C(=O)O. The van der Waals surface area contributed by atoms with Crippen LogP contribution in [0, 0.1) is 0 Å². The van der Waals surface area contributed by atoms with Crippen LogP contribution in [0.25, 0.3) is 11.3 Å². The predicted octanol–water partition coefficient (Wildman–Crippen LogP) is 3.63. The molecule has 0 amide bonds. The second-order valence-corrected chi connectivity index (χ2v) is 7.77. The molecule has 1 aromatic carbocycles. The topological polar surface area (TPSA) is 113 Å². The van der Waals surface area contributed by atoms with Gasteiger partial charge in [0.1, 0.15) is 5.03 Å². The Morgan fingerprint density at radius 2 is 1.97 bits per heavy atom. The summed E-state index contributed by atoms with van der Waals surface area (Å²) in [5.41, 5.74) is 4.08. The summed E-state index contributed by atoms with van der Waals surface area (Å²) in [6.07, 6.45) is 6.55. The number of fused-ring (bicyclic) bond motifs is 1. The molecule has 0 bridgehead atoms. The molecule has 7 nitrogen and oxygen atoms in total. The van der Waals surface area contributed by atoms with E-state index in [9.17, 15) is 9.59 Å². The standard InChI is InChI=1S/C17H22N2OS.C4H4O4/c1-11(2)18-13-8-7-12-5-4-6-14(15(12)9-13)16-10-17(21-3)19-20-16;5-3(6)1-2-4(7)8/h4-6,10-11,13,18H,7-9H2,1-3H3;1-2H,(H,5,6)(H,7,8)/b;2-1-. The third-order valence-corrected chi connectivity index (χ3v) is 5.00. The molecule has 1 atom stereocenters. The summed E-state index contributed by atoms with van der Waals surface area (Å²) >= 11 is 1.61. The number of aromatic nitrogens is 1. The molecule has 0 spiro atoms. The van der Waals surface area contributed by atoms with Crippen molar-refractivity contribution in [3.8, 4) is 11.3 Å². The Labute approximate surface area is 174 Å². The van der Waals surface area contributed by atoms with Crippen LogP contribution in [-0.4, -0.2) is 45.6 Å². The molecule has 2 aromatic rings. The second kappa shape index (κ2) is 10.8. The van der Waals surface area contributed by atoms with Crippen molar-refractivity contribution in [3.05, 3.63) is 47.5 Å². The molecule has 8 heteroatoms. The number of benzene rings is 1. The van der Waals surface area contributed by atoms with Crippen LogP contribution in [0.2, 0.25) is 0 Å². The van der Waals surface area contributed by atoms with Crippen LogP contribution < -0.4 is 5.32 Å². The molecule has 0 saturated carbocycles. The van der Waals surface area contributed by atoms with Crippen molar-refractivity contribution >= 4 is 23.7 Å². The fourth-order valence-corrected chi connectivity index (χ4v) is 3.59. The first-order valence-corrected chi connectivity index (χ1v) is 10.5.